The smallest absolute Gasteiger partial charge is 0.353 e. The summed E-state index contributed by atoms with van der Waals surface area (Å²) in [6.45, 7) is 0. The summed E-state index contributed by atoms with van der Waals surface area (Å²) < 4.78 is 6.38. The summed E-state index contributed by atoms with van der Waals surface area (Å²) in [5.74, 6) is 5.34. The van der Waals surface area contributed by atoms with E-state index in [0.717, 1.165) is 15.0 Å². The van der Waals surface area contributed by atoms with Crippen LogP contribution in [0.2, 0.25) is 0 Å². The first-order valence-corrected chi connectivity index (χ1v) is 7.48. The number of nitrogens with zero attached hydrogens (tertiary/aromatic N) is 1. The minimum absolute atomic E-state index is 0.334. The number of hydrogen-bond donors (Lipinski definition) is 1. The molecule has 0 amide bonds. The Hall–Kier alpha value is -2.18. The van der Waals surface area contributed by atoms with Gasteiger partial charge in [-0.25, -0.2) is 4.79 Å². The van der Waals surface area contributed by atoms with E-state index in [2.05, 4.69) is 5.10 Å². The highest BCUT2D eigenvalue weighted by atomic mass is 32.1. The molecule has 0 aliphatic carbocycles. The zero-order valence-corrected chi connectivity index (χ0v) is 11.9. The van der Waals surface area contributed by atoms with Gasteiger partial charge in [0.2, 0.25) is 0 Å². The van der Waals surface area contributed by atoms with Crippen LogP contribution in [0, 0.1) is 0 Å². The molecule has 4 nitrogen and oxygen atoms in total. The third kappa shape index (κ3) is 2.56. The molecule has 0 saturated carbocycles. The summed E-state index contributed by atoms with van der Waals surface area (Å²) in [5.41, 5.74) is 0. The van der Waals surface area contributed by atoms with E-state index in [1.165, 1.54) is 11.3 Å². The van der Waals surface area contributed by atoms with Crippen molar-refractivity contribution in [3.8, 4) is 5.75 Å². The van der Waals surface area contributed by atoms with E-state index in [9.17, 15) is 4.79 Å². The molecule has 0 radical (unpaired) electrons. The van der Waals surface area contributed by atoms with Gasteiger partial charge < -0.3 is 10.6 Å². The molecule has 0 bridgehead atoms. The van der Waals surface area contributed by atoms with Crippen molar-refractivity contribution in [1.82, 2.24) is 0 Å². The summed E-state index contributed by atoms with van der Waals surface area (Å²) in [6.07, 6.45) is 1.60. The normalized spacial score (nSPS) is 11.2. The molecule has 2 aromatic heterocycles. The fourth-order valence-corrected chi connectivity index (χ4v) is 3.36. The van der Waals surface area contributed by atoms with Crippen LogP contribution in [0.1, 0.15) is 14.5 Å². The van der Waals surface area contributed by atoms with E-state index < -0.39 is 0 Å². The number of ether oxygens (including phenoxy) is 1. The van der Waals surface area contributed by atoms with Gasteiger partial charge in [0, 0.05) is 9.58 Å². The molecule has 0 aliphatic rings. The summed E-state index contributed by atoms with van der Waals surface area (Å²) in [6, 6.07) is 11.1. The third-order valence-corrected chi connectivity index (χ3v) is 4.53. The lowest BCUT2D eigenvalue weighted by Crippen LogP contribution is -2.05. The SMILES string of the molecule is NN=Cc1cc2ccc(OC(=O)c3cccs3)cc2s1. The van der Waals surface area contributed by atoms with Gasteiger partial charge in [-0.1, -0.05) is 6.07 Å². The molecule has 2 N–H and O–H groups in total. The summed E-state index contributed by atoms with van der Waals surface area (Å²) in [5, 5.41) is 6.42. The number of fused-ring (bicyclic) bond motifs is 1. The number of hydrazone groups is 1. The Labute approximate surface area is 123 Å². The van der Waals surface area contributed by atoms with E-state index in [1.807, 2.05) is 29.6 Å². The maximum Gasteiger partial charge on any atom is 0.353 e. The maximum absolute atomic E-state index is 11.9. The molecule has 0 spiro atoms. The van der Waals surface area contributed by atoms with Gasteiger partial charge in [0.15, 0.2) is 0 Å². The Bertz CT molecular complexity index is 776. The molecule has 1 aromatic carbocycles. The number of benzene rings is 1. The minimum Gasteiger partial charge on any atom is -0.422 e. The summed E-state index contributed by atoms with van der Waals surface area (Å²) in [7, 11) is 0. The van der Waals surface area contributed by atoms with Gasteiger partial charge in [0.05, 0.1) is 6.21 Å². The second-order valence-electron chi connectivity index (χ2n) is 3.99. The third-order valence-electron chi connectivity index (χ3n) is 2.65. The predicted molar refractivity (Wildman–Crippen MR) is 82.9 cm³/mol. The second kappa shape index (κ2) is 5.44. The largest absolute Gasteiger partial charge is 0.422 e. The molecule has 0 atom stereocenters. The number of nitrogens with two attached hydrogens (primary N) is 1. The van der Waals surface area contributed by atoms with Crippen molar-refractivity contribution in [3.63, 3.8) is 0 Å². The zero-order chi connectivity index (χ0) is 13.9. The molecule has 100 valence electrons. The van der Waals surface area contributed by atoms with Crippen molar-refractivity contribution in [1.29, 1.82) is 0 Å². The van der Waals surface area contributed by atoms with Crippen LogP contribution < -0.4 is 10.6 Å². The summed E-state index contributed by atoms with van der Waals surface area (Å²) in [4.78, 5) is 13.4. The lowest BCUT2D eigenvalue weighted by molar-refractivity contribution is 0.0740. The molecule has 0 fully saturated rings. The van der Waals surface area contributed by atoms with Crippen molar-refractivity contribution in [2.24, 2.45) is 10.9 Å². The molecular weight excluding hydrogens is 292 g/mol. The minimum atomic E-state index is -0.334. The number of esters is 1. The van der Waals surface area contributed by atoms with Crippen LogP contribution in [-0.4, -0.2) is 12.2 Å². The molecule has 0 unspecified atom stereocenters. The van der Waals surface area contributed by atoms with E-state index in [4.69, 9.17) is 10.6 Å². The van der Waals surface area contributed by atoms with E-state index in [-0.39, 0.29) is 5.97 Å². The summed E-state index contributed by atoms with van der Waals surface area (Å²) >= 11 is 2.90. The second-order valence-corrected chi connectivity index (χ2v) is 6.06. The molecule has 0 saturated heterocycles. The Morgan fingerprint density at radius 2 is 2.20 bits per heavy atom. The van der Waals surface area contributed by atoms with E-state index >= 15 is 0 Å². The van der Waals surface area contributed by atoms with Crippen molar-refractivity contribution in [3.05, 3.63) is 51.5 Å². The van der Waals surface area contributed by atoms with Crippen molar-refractivity contribution in [2.75, 3.05) is 0 Å². The molecule has 0 aliphatic heterocycles. The highest BCUT2D eigenvalue weighted by Crippen LogP contribution is 2.29. The average molecular weight is 302 g/mol. The van der Waals surface area contributed by atoms with Crippen molar-refractivity contribution >= 4 is 44.9 Å². The van der Waals surface area contributed by atoms with Gasteiger partial charge in [-0.15, -0.1) is 22.7 Å². The van der Waals surface area contributed by atoms with Gasteiger partial charge in [0.1, 0.15) is 10.6 Å². The average Bonchev–Trinajstić information content (AvgIpc) is 3.07. The molecule has 20 heavy (non-hydrogen) atoms. The Morgan fingerprint density at radius 1 is 1.30 bits per heavy atom. The lowest BCUT2D eigenvalue weighted by atomic mass is 10.2. The van der Waals surface area contributed by atoms with Crippen LogP contribution in [0.5, 0.6) is 5.75 Å². The Morgan fingerprint density at radius 3 is 2.95 bits per heavy atom. The maximum atomic E-state index is 11.9. The van der Waals surface area contributed by atoms with Crippen LogP contribution in [0.25, 0.3) is 10.1 Å². The lowest BCUT2D eigenvalue weighted by Gasteiger charge is -2.02. The van der Waals surface area contributed by atoms with Crippen molar-refractivity contribution in [2.45, 2.75) is 0 Å². The zero-order valence-electron chi connectivity index (χ0n) is 10.3. The highest BCUT2D eigenvalue weighted by Gasteiger charge is 2.10. The van der Waals surface area contributed by atoms with Crippen LogP contribution in [0.4, 0.5) is 0 Å². The topological polar surface area (TPSA) is 64.7 Å². The predicted octanol–water partition coefficient (Wildman–Crippen LogP) is 3.47. The monoisotopic (exact) mass is 302 g/mol. The van der Waals surface area contributed by atoms with Gasteiger partial charge in [-0.2, -0.15) is 5.10 Å². The Balaban J connectivity index is 1.87. The van der Waals surface area contributed by atoms with E-state index in [0.29, 0.717) is 10.6 Å². The molecule has 2 heterocycles. The number of hydrogen-bond acceptors (Lipinski definition) is 6. The van der Waals surface area contributed by atoms with Crippen LogP contribution >= 0.6 is 22.7 Å². The first-order valence-electron chi connectivity index (χ1n) is 5.79. The molecule has 6 heteroatoms. The quantitative estimate of drug-likeness (QED) is 0.265. The molecular formula is C14H10N2O2S2. The van der Waals surface area contributed by atoms with Crippen LogP contribution in [-0.2, 0) is 0 Å². The standard InChI is InChI=1S/C14H10N2O2S2/c15-16-8-11-6-9-3-4-10(7-13(9)20-11)18-14(17)12-2-1-5-19-12/h1-8H,15H2. The van der Waals surface area contributed by atoms with Gasteiger partial charge in [-0.3, -0.25) is 0 Å². The number of carbonyl (C=O) groups excluding carboxylic acids is 1. The van der Waals surface area contributed by atoms with Gasteiger partial charge >= 0.3 is 5.97 Å². The van der Waals surface area contributed by atoms with E-state index in [1.54, 1.807) is 29.7 Å². The number of rotatable bonds is 3. The number of thiophene rings is 2. The Kier molecular flexibility index (Phi) is 3.49. The fraction of sp³-hybridized carbons (Fsp3) is 0. The van der Waals surface area contributed by atoms with Crippen LogP contribution in [0.15, 0.2) is 46.9 Å². The van der Waals surface area contributed by atoms with Gasteiger partial charge in [0.25, 0.3) is 0 Å². The first-order chi connectivity index (χ1) is 9.76. The molecule has 3 aromatic rings. The fourth-order valence-electron chi connectivity index (χ4n) is 1.78. The molecule has 3 rings (SSSR count). The highest BCUT2D eigenvalue weighted by molar-refractivity contribution is 7.20. The van der Waals surface area contributed by atoms with Crippen molar-refractivity contribution < 1.29 is 9.53 Å². The van der Waals surface area contributed by atoms with Gasteiger partial charge in [-0.05, 0) is 41.1 Å². The number of carbonyl (C=O) groups is 1. The van der Waals surface area contributed by atoms with Crippen LogP contribution in [0.3, 0.4) is 0 Å². The first kappa shape index (κ1) is 12.8.